The molecule has 0 aliphatic carbocycles. The molecular weight excluding hydrogens is 382 g/mol. The smallest absolute Gasteiger partial charge is 0.265 e. The second kappa shape index (κ2) is 9.91. The van der Waals surface area contributed by atoms with E-state index in [9.17, 15) is 14.4 Å². The summed E-state index contributed by atoms with van der Waals surface area (Å²) in [7, 11) is 0. The molecule has 158 valence electrons. The molecule has 3 rings (SSSR count). The zero-order valence-electron chi connectivity index (χ0n) is 17.3. The molecule has 0 saturated heterocycles. The van der Waals surface area contributed by atoms with Crippen LogP contribution in [0.1, 0.15) is 32.3 Å². The summed E-state index contributed by atoms with van der Waals surface area (Å²) in [6, 6.07) is 14.7. The SMILES string of the molecule is CC[C@H](C)C(=O)Nc1cccc(CNC(=O)CCN2C(=O)COc3ccccc32)c1. The van der Waals surface area contributed by atoms with Crippen LogP contribution in [0.5, 0.6) is 5.75 Å². The summed E-state index contributed by atoms with van der Waals surface area (Å²) in [6.45, 7) is 4.47. The van der Waals surface area contributed by atoms with E-state index < -0.39 is 0 Å². The van der Waals surface area contributed by atoms with E-state index in [2.05, 4.69) is 10.6 Å². The minimum absolute atomic E-state index is 0.0193. The van der Waals surface area contributed by atoms with Gasteiger partial charge in [0.2, 0.25) is 11.8 Å². The first kappa shape index (κ1) is 21.4. The molecule has 0 radical (unpaired) electrons. The van der Waals surface area contributed by atoms with Crippen LogP contribution in [0.15, 0.2) is 48.5 Å². The lowest BCUT2D eigenvalue weighted by Gasteiger charge is -2.29. The van der Waals surface area contributed by atoms with Crippen molar-refractivity contribution < 1.29 is 19.1 Å². The van der Waals surface area contributed by atoms with E-state index in [1.165, 1.54) is 0 Å². The molecule has 1 heterocycles. The van der Waals surface area contributed by atoms with Gasteiger partial charge in [0, 0.05) is 31.1 Å². The van der Waals surface area contributed by atoms with Crippen molar-refractivity contribution in [3.8, 4) is 5.75 Å². The lowest BCUT2D eigenvalue weighted by molar-refractivity contribution is -0.122. The third-order valence-corrected chi connectivity index (χ3v) is 5.11. The maximum atomic E-state index is 12.3. The van der Waals surface area contributed by atoms with Crippen molar-refractivity contribution in [3.63, 3.8) is 0 Å². The van der Waals surface area contributed by atoms with Gasteiger partial charge in [-0.2, -0.15) is 0 Å². The summed E-state index contributed by atoms with van der Waals surface area (Å²) in [5.41, 5.74) is 2.28. The number of rotatable bonds is 8. The summed E-state index contributed by atoms with van der Waals surface area (Å²) < 4.78 is 5.42. The third-order valence-electron chi connectivity index (χ3n) is 5.11. The fourth-order valence-electron chi connectivity index (χ4n) is 3.11. The molecule has 0 bridgehead atoms. The monoisotopic (exact) mass is 409 g/mol. The molecule has 0 spiro atoms. The second-order valence-corrected chi connectivity index (χ2v) is 7.33. The number of nitrogens with one attached hydrogen (secondary N) is 2. The average Bonchev–Trinajstić information content (AvgIpc) is 2.76. The van der Waals surface area contributed by atoms with Gasteiger partial charge in [-0.15, -0.1) is 0 Å². The number of anilines is 2. The number of ether oxygens (including phenoxy) is 1. The highest BCUT2D eigenvalue weighted by atomic mass is 16.5. The Kier molecular flexibility index (Phi) is 7.06. The standard InChI is InChI=1S/C23H27N3O4/c1-3-16(2)23(29)25-18-8-6-7-17(13-18)14-24-21(27)11-12-26-19-9-4-5-10-20(19)30-15-22(26)28/h4-10,13,16H,3,11-12,14-15H2,1-2H3,(H,24,27)(H,25,29)/t16-/m0/s1. The van der Waals surface area contributed by atoms with Crippen LogP contribution in [-0.2, 0) is 20.9 Å². The molecule has 2 aromatic rings. The number of hydrogen-bond acceptors (Lipinski definition) is 4. The van der Waals surface area contributed by atoms with Crippen LogP contribution < -0.4 is 20.3 Å². The van der Waals surface area contributed by atoms with Crippen LogP contribution in [0.2, 0.25) is 0 Å². The largest absolute Gasteiger partial charge is 0.482 e. The highest BCUT2D eigenvalue weighted by Crippen LogP contribution is 2.31. The number of amides is 3. The normalized spacial score (nSPS) is 13.8. The quantitative estimate of drug-likeness (QED) is 0.701. The zero-order chi connectivity index (χ0) is 21.5. The average molecular weight is 409 g/mol. The maximum absolute atomic E-state index is 12.3. The minimum Gasteiger partial charge on any atom is -0.482 e. The van der Waals surface area contributed by atoms with Crippen LogP contribution in [-0.4, -0.2) is 30.9 Å². The van der Waals surface area contributed by atoms with Gasteiger partial charge in [-0.3, -0.25) is 14.4 Å². The number of carbonyl (C=O) groups excluding carboxylic acids is 3. The minimum atomic E-state index is -0.161. The lowest BCUT2D eigenvalue weighted by Crippen LogP contribution is -2.41. The molecule has 0 aromatic heterocycles. The predicted octanol–water partition coefficient (Wildman–Crippen LogP) is 3.10. The Hall–Kier alpha value is -3.35. The van der Waals surface area contributed by atoms with Gasteiger partial charge in [0.25, 0.3) is 5.91 Å². The second-order valence-electron chi connectivity index (χ2n) is 7.33. The van der Waals surface area contributed by atoms with Crippen molar-refractivity contribution in [2.45, 2.75) is 33.2 Å². The zero-order valence-corrected chi connectivity index (χ0v) is 17.3. The number of hydrogen-bond donors (Lipinski definition) is 2. The van der Waals surface area contributed by atoms with Gasteiger partial charge in [-0.25, -0.2) is 0 Å². The molecule has 1 atom stereocenters. The van der Waals surface area contributed by atoms with E-state index in [0.29, 0.717) is 23.7 Å². The van der Waals surface area contributed by atoms with E-state index >= 15 is 0 Å². The molecule has 7 nitrogen and oxygen atoms in total. The van der Waals surface area contributed by atoms with Crippen molar-refractivity contribution in [1.29, 1.82) is 0 Å². The van der Waals surface area contributed by atoms with Crippen LogP contribution in [0, 0.1) is 5.92 Å². The molecule has 30 heavy (non-hydrogen) atoms. The topological polar surface area (TPSA) is 87.7 Å². The molecule has 0 unspecified atom stereocenters. The maximum Gasteiger partial charge on any atom is 0.265 e. The van der Waals surface area contributed by atoms with Crippen LogP contribution in [0.4, 0.5) is 11.4 Å². The molecule has 3 amide bonds. The first-order valence-electron chi connectivity index (χ1n) is 10.2. The summed E-state index contributed by atoms with van der Waals surface area (Å²) in [5, 5.41) is 5.77. The highest BCUT2D eigenvalue weighted by Gasteiger charge is 2.25. The lowest BCUT2D eigenvalue weighted by atomic mass is 10.1. The summed E-state index contributed by atoms with van der Waals surface area (Å²) in [6.07, 6.45) is 0.961. The van der Waals surface area contributed by atoms with Crippen molar-refractivity contribution in [3.05, 3.63) is 54.1 Å². The van der Waals surface area contributed by atoms with Crippen LogP contribution in [0.25, 0.3) is 0 Å². The summed E-state index contributed by atoms with van der Waals surface area (Å²) in [4.78, 5) is 38.1. The van der Waals surface area contributed by atoms with Gasteiger partial charge in [-0.05, 0) is 36.2 Å². The molecule has 2 N–H and O–H groups in total. The van der Waals surface area contributed by atoms with Crippen LogP contribution >= 0.6 is 0 Å². The van der Waals surface area contributed by atoms with E-state index in [1.807, 2.05) is 62.4 Å². The van der Waals surface area contributed by atoms with Crippen molar-refractivity contribution >= 4 is 29.1 Å². The fourth-order valence-corrected chi connectivity index (χ4v) is 3.11. The number of carbonyl (C=O) groups is 3. The van der Waals surface area contributed by atoms with Crippen molar-refractivity contribution in [2.24, 2.45) is 5.92 Å². The Labute approximate surface area is 176 Å². The Balaban J connectivity index is 1.51. The molecule has 1 aliphatic heterocycles. The highest BCUT2D eigenvalue weighted by molar-refractivity contribution is 5.98. The van der Waals surface area contributed by atoms with E-state index in [0.717, 1.165) is 12.0 Å². The van der Waals surface area contributed by atoms with Crippen molar-refractivity contribution in [1.82, 2.24) is 5.32 Å². The number of fused-ring (bicyclic) bond motifs is 1. The van der Waals surface area contributed by atoms with E-state index in [-0.39, 0.29) is 43.2 Å². The summed E-state index contributed by atoms with van der Waals surface area (Å²) >= 11 is 0. The van der Waals surface area contributed by atoms with Gasteiger partial charge < -0.3 is 20.3 Å². The Morgan fingerprint density at radius 1 is 1.17 bits per heavy atom. The Morgan fingerprint density at radius 2 is 1.97 bits per heavy atom. The number of nitrogens with zero attached hydrogens (tertiary/aromatic N) is 1. The fraction of sp³-hybridized carbons (Fsp3) is 0.348. The van der Waals surface area contributed by atoms with Gasteiger partial charge in [0.1, 0.15) is 5.75 Å². The van der Waals surface area contributed by atoms with Crippen molar-refractivity contribution in [2.75, 3.05) is 23.4 Å². The number of para-hydroxylation sites is 2. The summed E-state index contributed by atoms with van der Waals surface area (Å²) in [5.74, 6) is 0.261. The Bertz CT molecular complexity index is 928. The third kappa shape index (κ3) is 5.37. The molecular formula is C23H27N3O4. The molecule has 7 heteroatoms. The van der Waals surface area contributed by atoms with E-state index in [1.54, 1.807) is 4.90 Å². The van der Waals surface area contributed by atoms with Gasteiger partial charge >= 0.3 is 0 Å². The molecule has 0 fully saturated rings. The van der Waals surface area contributed by atoms with Gasteiger partial charge in [0.15, 0.2) is 6.61 Å². The van der Waals surface area contributed by atoms with Crippen LogP contribution in [0.3, 0.4) is 0 Å². The van der Waals surface area contributed by atoms with Gasteiger partial charge in [0.05, 0.1) is 5.69 Å². The predicted molar refractivity (Wildman–Crippen MR) is 115 cm³/mol. The number of benzene rings is 2. The van der Waals surface area contributed by atoms with E-state index in [4.69, 9.17) is 4.74 Å². The first-order valence-corrected chi connectivity index (χ1v) is 10.2. The molecule has 1 aliphatic rings. The first-order chi connectivity index (χ1) is 14.5. The Morgan fingerprint density at radius 3 is 2.77 bits per heavy atom. The molecule has 2 aromatic carbocycles. The van der Waals surface area contributed by atoms with Gasteiger partial charge in [-0.1, -0.05) is 38.1 Å². The molecule has 0 saturated carbocycles.